The lowest BCUT2D eigenvalue weighted by atomic mass is 10.2. The molecule has 3 aromatic rings. The molecular weight excluding hydrogens is 346 g/mol. The Hall–Kier alpha value is -3.48. The molecule has 0 fully saturated rings. The fraction of sp³-hybridized carbons (Fsp3) is 0.200. The fourth-order valence-corrected chi connectivity index (χ4v) is 2.41. The smallest absolute Gasteiger partial charge is 0.251 e. The van der Waals surface area contributed by atoms with Crippen molar-refractivity contribution in [3.8, 4) is 17.2 Å². The molecule has 0 aliphatic carbocycles. The predicted molar refractivity (Wildman–Crippen MR) is 99.9 cm³/mol. The third-order valence-corrected chi connectivity index (χ3v) is 3.73. The van der Waals surface area contributed by atoms with E-state index in [1.807, 2.05) is 18.2 Å². The van der Waals surface area contributed by atoms with Gasteiger partial charge in [-0.05, 0) is 30.7 Å². The molecule has 1 aromatic carbocycles. The summed E-state index contributed by atoms with van der Waals surface area (Å²) >= 11 is 0. The van der Waals surface area contributed by atoms with E-state index in [-0.39, 0.29) is 11.7 Å². The van der Waals surface area contributed by atoms with E-state index in [4.69, 9.17) is 9.47 Å². The first-order chi connectivity index (χ1) is 13.2. The lowest BCUT2D eigenvalue weighted by Gasteiger charge is -2.10. The van der Waals surface area contributed by atoms with Gasteiger partial charge < -0.3 is 24.9 Å². The van der Waals surface area contributed by atoms with E-state index in [2.05, 4.69) is 15.3 Å². The Morgan fingerprint density at radius 2 is 2.11 bits per heavy atom. The van der Waals surface area contributed by atoms with Crippen molar-refractivity contribution in [1.29, 1.82) is 0 Å². The largest absolute Gasteiger partial charge is 0.508 e. The second-order valence-electron chi connectivity index (χ2n) is 5.87. The van der Waals surface area contributed by atoms with Crippen LogP contribution < -0.4 is 14.8 Å². The number of phenols is 1. The van der Waals surface area contributed by atoms with Crippen molar-refractivity contribution in [2.45, 2.75) is 13.0 Å². The van der Waals surface area contributed by atoms with E-state index in [1.54, 1.807) is 30.9 Å². The maximum atomic E-state index is 12.3. The van der Waals surface area contributed by atoms with Crippen LogP contribution >= 0.6 is 0 Å². The number of aromatic amines is 1. The van der Waals surface area contributed by atoms with Gasteiger partial charge in [-0.15, -0.1) is 0 Å². The summed E-state index contributed by atoms with van der Waals surface area (Å²) in [5, 5.41) is 12.7. The molecule has 0 saturated heterocycles. The van der Waals surface area contributed by atoms with Gasteiger partial charge in [0.25, 0.3) is 5.91 Å². The number of phenolic OH excluding ortho intramolecular Hbond substituents is 1. The van der Waals surface area contributed by atoms with Crippen LogP contribution in [0.3, 0.4) is 0 Å². The number of hydrogen-bond acceptors (Lipinski definition) is 5. The Morgan fingerprint density at radius 3 is 2.89 bits per heavy atom. The van der Waals surface area contributed by atoms with Gasteiger partial charge in [0.15, 0.2) is 0 Å². The zero-order chi connectivity index (χ0) is 18.9. The van der Waals surface area contributed by atoms with Gasteiger partial charge in [0, 0.05) is 48.5 Å². The molecule has 0 saturated carbocycles. The number of aromatic nitrogens is 2. The molecule has 7 nitrogen and oxygen atoms in total. The summed E-state index contributed by atoms with van der Waals surface area (Å²) in [6.07, 6.45) is 7.60. The van der Waals surface area contributed by atoms with E-state index in [1.165, 1.54) is 12.1 Å². The van der Waals surface area contributed by atoms with E-state index in [0.29, 0.717) is 37.5 Å². The lowest BCUT2D eigenvalue weighted by molar-refractivity contribution is 0.0950. The molecule has 2 heterocycles. The van der Waals surface area contributed by atoms with Crippen LogP contribution in [0.1, 0.15) is 22.3 Å². The number of benzene rings is 1. The van der Waals surface area contributed by atoms with Gasteiger partial charge in [0.1, 0.15) is 23.9 Å². The van der Waals surface area contributed by atoms with Crippen molar-refractivity contribution >= 4 is 5.91 Å². The summed E-state index contributed by atoms with van der Waals surface area (Å²) < 4.78 is 11.1. The molecule has 0 atom stereocenters. The number of ether oxygens (including phenoxy) is 2. The molecule has 1 amide bonds. The van der Waals surface area contributed by atoms with Crippen LogP contribution in [0.5, 0.6) is 17.2 Å². The summed E-state index contributed by atoms with van der Waals surface area (Å²) in [5.74, 6) is 0.878. The zero-order valence-corrected chi connectivity index (χ0v) is 14.7. The van der Waals surface area contributed by atoms with E-state index in [9.17, 15) is 9.90 Å². The summed E-state index contributed by atoms with van der Waals surface area (Å²) in [6.45, 7) is 1.26. The molecule has 7 heteroatoms. The molecule has 0 spiro atoms. The van der Waals surface area contributed by atoms with Gasteiger partial charge in [0.2, 0.25) is 0 Å². The van der Waals surface area contributed by atoms with Crippen LogP contribution in [0.25, 0.3) is 0 Å². The first kappa shape index (κ1) is 18.3. The molecule has 140 valence electrons. The summed E-state index contributed by atoms with van der Waals surface area (Å²) in [7, 11) is 0. The van der Waals surface area contributed by atoms with Crippen molar-refractivity contribution in [1.82, 2.24) is 15.3 Å². The second-order valence-corrected chi connectivity index (χ2v) is 5.87. The molecule has 3 rings (SSSR count). The van der Waals surface area contributed by atoms with E-state index in [0.717, 1.165) is 11.3 Å². The number of rotatable bonds is 9. The Kier molecular flexibility index (Phi) is 6.30. The highest BCUT2D eigenvalue weighted by Crippen LogP contribution is 2.22. The monoisotopic (exact) mass is 367 g/mol. The maximum Gasteiger partial charge on any atom is 0.251 e. The highest BCUT2D eigenvalue weighted by molar-refractivity contribution is 5.95. The number of H-pyrrole nitrogens is 1. The van der Waals surface area contributed by atoms with Gasteiger partial charge in [-0.1, -0.05) is 6.07 Å². The summed E-state index contributed by atoms with van der Waals surface area (Å²) in [5.41, 5.74) is 1.23. The number of aromatic hydroxyl groups is 1. The van der Waals surface area contributed by atoms with Crippen molar-refractivity contribution in [3.05, 3.63) is 72.3 Å². The Morgan fingerprint density at radius 1 is 1.19 bits per heavy atom. The average molecular weight is 367 g/mol. The molecule has 3 N–H and O–H groups in total. The third kappa shape index (κ3) is 5.78. The van der Waals surface area contributed by atoms with Crippen molar-refractivity contribution in [2.75, 3.05) is 13.2 Å². The minimum absolute atomic E-state index is 0.0281. The topological polar surface area (TPSA) is 96.5 Å². The molecular formula is C20H21N3O4. The van der Waals surface area contributed by atoms with Crippen LogP contribution in [-0.4, -0.2) is 34.1 Å². The van der Waals surface area contributed by atoms with Crippen LogP contribution in [0.4, 0.5) is 0 Å². The van der Waals surface area contributed by atoms with E-state index >= 15 is 0 Å². The Bertz CT molecular complexity index is 851. The first-order valence-corrected chi connectivity index (χ1v) is 8.60. The minimum atomic E-state index is -0.279. The summed E-state index contributed by atoms with van der Waals surface area (Å²) in [4.78, 5) is 19.2. The molecule has 0 aliphatic rings. The average Bonchev–Trinajstić information content (AvgIpc) is 3.20. The van der Waals surface area contributed by atoms with Crippen LogP contribution in [-0.2, 0) is 6.61 Å². The number of amides is 1. The number of nitrogens with zero attached hydrogens (tertiary/aromatic N) is 1. The molecule has 0 radical (unpaired) electrons. The standard InChI is InChI=1S/C20H21N3O4/c24-17-9-16(10-19(11-17)27-14-15-3-1-5-21-12-15)20(25)23-6-2-8-26-18-4-7-22-13-18/h1,3-5,7,9-13,22,24H,2,6,8,14H2,(H,23,25). The van der Waals surface area contributed by atoms with Gasteiger partial charge in [-0.25, -0.2) is 0 Å². The third-order valence-electron chi connectivity index (χ3n) is 3.73. The van der Waals surface area contributed by atoms with Gasteiger partial charge in [-0.3, -0.25) is 9.78 Å². The lowest BCUT2D eigenvalue weighted by Crippen LogP contribution is -2.25. The zero-order valence-electron chi connectivity index (χ0n) is 14.7. The Balaban J connectivity index is 1.48. The van der Waals surface area contributed by atoms with Crippen molar-refractivity contribution in [3.63, 3.8) is 0 Å². The first-order valence-electron chi connectivity index (χ1n) is 8.60. The molecule has 0 aliphatic heterocycles. The molecule has 27 heavy (non-hydrogen) atoms. The second kappa shape index (κ2) is 9.28. The number of hydrogen-bond donors (Lipinski definition) is 3. The normalized spacial score (nSPS) is 10.4. The number of carbonyl (C=O) groups is 1. The number of nitrogens with one attached hydrogen (secondary N) is 2. The highest BCUT2D eigenvalue weighted by atomic mass is 16.5. The predicted octanol–water partition coefficient (Wildman–Crippen LogP) is 2.89. The van der Waals surface area contributed by atoms with Crippen LogP contribution in [0, 0.1) is 0 Å². The maximum absolute atomic E-state index is 12.3. The van der Waals surface area contributed by atoms with Gasteiger partial charge in [0.05, 0.1) is 6.61 Å². The fourth-order valence-electron chi connectivity index (χ4n) is 2.41. The highest BCUT2D eigenvalue weighted by Gasteiger charge is 2.09. The molecule has 2 aromatic heterocycles. The van der Waals surface area contributed by atoms with Crippen LogP contribution in [0.15, 0.2) is 61.2 Å². The quantitative estimate of drug-likeness (QED) is 0.505. The summed E-state index contributed by atoms with van der Waals surface area (Å²) in [6, 6.07) is 10.0. The number of pyridine rings is 1. The number of carbonyl (C=O) groups excluding carboxylic acids is 1. The van der Waals surface area contributed by atoms with Crippen LogP contribution in [0.2, 0.25) is 0 Å². The van der Waals surface area contributed by atoms with Crippen molar-refractivity contribution in [2.24, 2.45) is 0 Å². The SMILES string of the molecule is O=C(NCCCOc1cc[nH]c1)c1cc(O)cc(OCc2cccnc2)c1. The van der Waals surface area contributed by atoms with E-state index < -0.39 is 0 Å². The van der Waals surface area contributed by atoms with Gasteiger partial charge in [-0.2, -0.15) is 0 Å². The van der Waals surface area contributed by atoms with Gasteiger partial charge >= 0.3 is 0 Å². The van der Waals surface area contributed by atoms with Crippen molar-refractivity contribution < 1.29 is 19.4 Å². The molecule has 0 bridgehead atoms. The minimum Gasteiger partial charge on any atom is -0.508 e. The molecule has 0 unspecified atom stereocenters. The Labute approximate surface area is 157 Å².